The number of piperidine rings is 1. The topological polar surface area (TPSA) is 50.8 Å². The van der Waals surface area contributed by atoms with Gasteiger partial charge in [0.2, 0.25) is 5.91 Å². The molecule has 98 valence electrons. The number of rotatable bonds is 3. The lowest BCUT2D eigenvalue weighted by molar-refractivity contribution is -0.130. The van der Waals surface area contributed by atoms with Gasteiger partial charge in [-0.2, -0.15) is 0 Å². The summed E-state index contributed by atoms with van der Waals surface area (Å²) in [5, 5.41) is 3.51. The molecule has 17 heavy (non-hydrogen) atoms. The van der Waals surface area contributed by atoms with Crippen LogP contribution in [0.5, 0.6) is 0 Å². The van der Waals surface area contributed by atoms with E-state index in [0.717, 1.165) is 32.5 Å². The van der Waals surface area contributed by atoms with Crippen molar-refractivity contribution in [2.45, 2.75) is 31.9 Å². The van der Waals surface area contributed by atoms with Gasteiger partial charge in [-0.05, 0) is 12.8 Å². The van der Waals surface area contributed by atoms with Crippen LogP contribution in [0.15, 0.2) is 0 Å². The lowest BCUT2D eigenvalue weighted by atomic mass is 10.0. The molecule has 0 aromatic rings. The van der Waals surface area contributed by atoms with E-state index in [2.05, 4.69) is 5.32 Å². The molecule has 0 aromatic heterocycles. The number of carbonyl (C=O) groups is 1. The average molecular weight is 242 g/mol. The first-order chi connectivity index (χ1) is 8.25. The summed E-state index contributed by atoms with van der Waals surface area (Å²) in [6, 6.07) is 0.510. The van der Waals surface area contributed by atoms with Gasteiger partial charge in [0.05, 0.1) is 25.9 Å². The second kappa shape index (κ2) is 6.33. The molecule has 1 unspecified atom stereocenters. The number of hydrogen-bond donors (Lipinski definition) is 1. The molecule has 2 aliphatic rings. The Kier molecular flexibility index (Phi) is 4.76. The maximum Gasteiger partial charge on any atom is 0.219 e. The van der Waals surface area contributed by atoms with Crippen LogP contribution in [0.3, 0.4) is 0 Å². The van der Waals surface area contributed by atoms with Gasteiger partial charge >= 0.3 is 0 Å². The number of ether oxygens (including phenoxy) is 2. The largest absolute Gasteiger partial charge is 0.376 e. The molecule has 1 atom stereocenters. The highest BCUT2D eigenvalue weighted by Crippen LogP contribution is 2.10. The van der Waals surface area contributed by atoms with Gasteiger partial charge in [0.1, 0.15) is 0 Å². The number of likely N-dealkylation sites (tertiary alicyclic amines) is 1. The summed E-state index contributed by atoms with van der Waals surface area (Å²) in [5.41, 5.74) is 0. The SMILES string of the molecule is CC(=O)N1CCC(NCC2COCCO2)CC1. The van der Waals surface area contributed by atoms with Crippen LogP contribution in [-0.2, 0) is 14.3 Å². The highest BCUT2D eigenvalue weighted by molar-refractivity contribution is 5.73. The Labute approximate surface area is 102 Å². The van der Waals surface area contributed by atoms with Gasteiger partial charge in [-0.15, -0.1) is 0 Å². The van der Waals surface area contributed by atoms with E-state index in [1.165, 1.54) is 0 Å². The zero-order valence-electron chi connectivity index (χ0n) is 10.5. The predicted octanol–water partition coefficient (Wildman–Crippen LogP) is 0.00230. The van der Waals surface area contributed by atoms with Crippen LogP contribution in [-0.4, -0.2) is 62.4 Å². The van der Waals surface area contributed by atoms with Gasteiger partial charge in [0.15, 0.2) is 0 Å². The molecule has 5 heteroatoms. The average Bonchev–Trinajstić information content (AvgIpc) is 2.38. The standard InChI is InChI=1S/C12H22N2O3/c1-10(15)14-4-2-11(3-5-14)13-8-12-9-16-6-7-17-12/h11-13H,2-9H2,1H3. The minimum absolute atomic E-state index is 0.187. The summed E-state index contributed by atoms with van der Waals surface area (Å²) < 4.78 is 10.9. The Balaban J connectivity index is 1.62. The Morgan fingerprint density at radius 3 is 2.71 bits per heavy atom. The fraction of sp³-hybridized carbons (Fsp3) is 0.917. The molecule has 0 radical (unpaired) electrons. The van der Waals surface area contributed by atoms with Crippen LogP contribution in [0.2, 0.25) is 0 Å². The summed E-state index contributed by atoms with van der Waals surface area (Å²) in [6.45, 7) is 6.34. The highest BCUT2D eigenvalue weighted by atomic mass is 16.6. The molecule has 0 spiro atoms. The number of nitrogens with one attached hydrogen (secondary N) is 1. The monoisotopic (exact) mass is 242 g/mol. The van der Waals surface area contributed by atoms with Gasteiger partial charge in [-0.3, -0.25) is 4.79 Å². The quantitative estimate of drug-likeness (QED) is 0.757. The van der Waals surface area contributed by atoms with Crippen LogP contribution < -0.4 is 5.32 Å². The zero-order valence-corrected chi connectivity index (χ0v) is 10.5. The third-order valence-corrected chi connectivity index (χ3v) is 3.46. The van der Waals surface area contributed by atoms with E-state index in [4.69, 9.17) is 9.47 Å². The second-order valence-electron chi connectivity index (χ2n) is 4.76. The molecule has 0 bridgehead atoms. The van der Waals surface area contributed by atoms with Gasteiger partial charge in [-0.25, -0.2) is 0 Å². The molecule has 0 aromatic carbocycles. The molecule has 1 amide bonds. The molecule has 2 saturated heterocycles. The van der Waals surface area contributed by atoms with Crippen molar-refractivity contribution >= 4 is 5.91 Å². The summed E-state index contributed by atoms with van der Waals surface area (Å²) in [7, 11) is 0. The van der Waals surface area contributed by atoms with Crippen molar-refractivity contribution in [3.63, 3.8) is 0 Å². The van der Waals surface area contributed by atoms with Crippen LogP contribution in [0.4, 0.5) is 0 Å². The van der Waals surface area contributed by atoms with E-state index in [1.54, 1.807) is 6.92 Å². The number of carbonyl (C=O) groups excluding carboxylic acids is 1. The minimum atomic E-state index is 0.187. The normalized spacial score (nSPS) is 27.1. The Morgan fingerprint density at radius 1 is 1.35 bits per heavy atom. The van der Waals surface area contributed by atoms with Crippen molar-refractivity contribution in [3.05, 3.63) is 0 Å². The van der Waals surface area contributed by atoms with E-state index in [-0.39, 0.29) is 12.0 Å². The van der Waals surface area contributed by atoms with Crippen LogP contribution >= 0.6 is 0 Å². The molecule has 5 nitrogen and oxygen atoms in total. The van der Waals surface area contributed by atoms with Crippen LogP contribution in [0, 0.1) is 0 Å². The summed E-state index contributed by atoms with van der Waals surface area (Å²) in [4.78, 5) is 13.1. The maximum atomic E-state index is 11.2. The lowest BCUT2D eigenvalue weighted by Gasteiger charge is -2.33. The minimum Gasteiger partial charge on any atom is -0.376 e. The molecular weight excluding hydrogens is 220 g/mol. The molecule has 2 rings (SSSR count). The van der Waals surface area contributed by atoms with E-state index >= 15 is 0 Å². The Morgan fingerprint density at radius 2 is 2.12 bits per heavy atom. The molecular formula is C12H22N2O3. The van der Waals surface area contributed by atoms with Gasteiger partial charge in [-0.1, -0.05) is 0 Å². The van der Waals surface area contributed by atoms with Gasteiger partial charge in [0, 0.05) is 32.6 Å². The van der Waals surface area contributed by atoms with Crippen molar-refractivity contribution in [1.82, 2.24) is 10.2 Å². The molecule has 0 aliphatic carbocycles. The van der Waals surface area contributed by atoms with Crippen molar-refractivity contribution < 1.29 is 14.3 Å². The van der Waals surface area contributed by atoms with Gasteiger partial charge < -0.3 is 19.7 Å². The smallest absolute Gasteiger partial charge is 0.219 e. The summed E-state index contributed by atoms with van der Waals surface area (Å²) in [6.07, 6.45) is 2.26. The maximum absolute atomic E-state index is 11.2. The number of amides is 1. The Bertz CT molecular complexity index is 246. The predicted molar refractivity (Wildman–Crippen MR) is 63.8 cm³/mol. The molecule has 2 fully saturated rings. The van der Waals surface area contributed by atoms with E-state index in [1.807, 2.05) is 4.90 Å². The van der Waals surface area contributed by atoms with Crippen LogP contribution in [0.1, 0.15) is 19.8 Å². The third kappa shape index (κ3) is 3.94. The molecule has 2 aliphatic heterocycles. The fourth-order valence-corrected chi connectivity index (χ4v) is 2.35. The summed E-state index contributed by atoms with van der Waals surface area (Å²) in [5.74, 6) is 0.187. The van der Waals surface area contributed by atoms with E-state index < -0.39 is 0 Å². The van der Waals surface area contributed by atoms with Gasteiger partial charge in [0.25, 0.3) is 0 Å². The first kappa shape index (κ1) is 12.8. The van der Waals surface area contributed by atoms with Crippen molar-refractivity contribution in [2.24, 2.45) is 0 Å². The third-order valence-electron chi connectivity index (χ3n) is 3.46. The van der Waals surface area contributed by atoms with Crippen molar-refractivity contribution in [3.8, 4) is 0 Å². The van der Waals surface area contributed by atoms with E-state index in [9.17, 15) is 4.79 Å². The first-order valence-electron chi connectivity index (χ1n) is 6.44. The zero-order chi connectivity index (χ0) is 12.1. The highest BCUT2D eigenvalue weighted by Gasteiger charge is 2.22. The number of nitrogens with zero attached hydrogens (tertiary/aromatic N) is 1. The summed E-state index contributed by atoms with van der Waals surface area (Å²) >= 11 is 0. The van der Waals surface area contributed by atoms with Crippen LogP contribution in [0.25, 0.3) is 0 Å². The molecule has 0 saturated carbocycles. The number of hydrogen-bond acceptors (Lipinski definition) is 4. The Hall–Kier alpha value is -0.650. The lowest BCUT2D eigenvalue weighted by Crippen LogP contribution is -2.47. The fourth-order valence-electron chi connectivity index (χ4n) is 2.35. The van der Waals surface area contributed by atoms with Crippen molar-refractivity contribution in [1.29, 1.82) is 0 Å². The van der Waals surface area contributed by atoms with E-state index in [0.29, 0.717) is 25.9 Å². The first-order valence-corrected chi connectivity index (χ1v) is 6.44. The molecule has 2 heterocycles. The second-order valence-corrected chi connectivity index (χ2v) is 4.76. The van der Waals surface area contributed by atoms with Crippen molar-refractivity contribution in [2.75, 3.05) is 39.5 Å². The molecule has 1 N–H and O–H groups in total.